The molecule has 1 saturated heterocycles. The zero-order valence-corrected chi connectivity index (χ0v) is 21.3. The largest absolute Gasteiger partial charge is 0.444 e. The summed E-state index contributed by atoms with van der Waals surface area (Å²) in [5.74, 6) is 0.0829. The molecule has 0 aromatic rings. The Balaban J connectivity index is 2.19. The first kappa shape index (κ1) is 27.9. The number of nitrogens with zero attached hydrogens (tertiary/aromatic N) is 1. The molecule has 1 heterocycles. The van der Waals surface area contributed by atoms with E-state index >= 15 is 0 Å². The van der Waals surface area contributed by atoms with Gasteiger partial charge in [-0.25, -0.2) is 4.79 Å². The number of carbonyl (C=O) groups excluding carboxylic acids is 2. The Morgan fingerprint density at radius 2 is 1.32 bits per heavy atom. The van der Waals surface area contributed by atoms with Crippen LogP contribution in [0.4, 0.5) is 4.79 Å². The zero-order chi connectivity index (χ0) is 23.3. The molecule has 0 aromatic carbocycles. The van der Waals surface area contributed by atoms with Crippen molar-refractivity contribution in [3.8, 4) is 0 Å². The van der Waals surface area contributed by atoms with Crippen LogP contribution in [0.5, 0.6) is 0 Å². The first-order chi connectivity index (χ1) is 14.6. The van der Waals surface area contributed by atoms with E-state index in [1.807, 2.05) is 34.6 Å². The molecule has 0 aromatic heterocycles. The highest BCUT2D eigenvalue weighted by Crippen LogP contribution is 2.30. The summed E-state index contributed by atoms with van der Waals surface area (Å²) in [6, 6.07) is -0.540. The van der Waals surface area contributed by atoms with Crippen LogP contribution in [0.2, 0.25) is 0 Å². The second-order valence-corrected chi connectivity index (χ2v) is 10.6. The minimum Gasteiger partial charge on any atom is -0.444 e. The Hall–Kier alpha value is -1.10. The Kier molecular flexibility index (Phi) is 12.7. The molecule has 5 heteroatoms. The van der Waals surface area contributed by atoms with Gasteiger partial charge in [-0.1, -0.05) is 84.0 Å². The summed E-state index contributed by atoms with van der Waals surface area (Å²) in [4.78, 5) is 26.9. The summed E-state index contributed by atoms with van der Waals surface area (Å²) < 4.78 is 11.3. The van der Waals surface area contributed by atoms with E-state index in [0.717, 1.165) is 12.8 Å². The molecule has 0 N–H and O–H groups in total. The van der Waals surface area contributed by atoms with Gasteiger partial charge in [-0.15, -0.1) is 0 Å². The first-order valence-corrected chi connectivity index (χ1v) is 12.8. The second kappa shape index (κ2) is 14.1. The van der Waals surface area contributed by atoms with Crippen LogP contribution >= 0.6 is 0 Å². The van der Waals surface area contributed by atoms with Crippen molar-refractivity contribution in [3.63, 3.8) is 0 Å². The predicted molar refractivity (Wildman–Crippen MR) is 127 cm³/mol. The molecule has 31 heavy (non-hydrogen) atoms. The maximum Gasteiger partial charge on any atom is 0.413 e. The number of amides is 1. The lowest BCUT2D eigenvalue weighted by Gasteiger charge is -2.34. The molecular formula is C26H49NO4. The Bertz CT molecular complexity index is 524. The van der Waals surface area contributed by atoms with Crippen molar-refractivity contribution in [1.29, 1.82) is 0 Å². The lowest BCUT2D eigenvalue weighted by Crippen LogP contribution is -2.52. The number of unbranched alkanes of at least 4 members (excludes halogenated alkanes) is 12. The van der Waals surface area contributed by atoms with Gasteiger partial charge in [0.05, 0.1) is 6.61 Å². The predicted octanol–water partition coefficient (Wildman–Crippen LogP) is 7.41. The summed E-state index contributed by atoms with van der Waals surface area (Å²) in [7, 11) is 0. The molecule has 0 unspecified atom stereocenters. The second-order valence-electron chi connectivity index (χ2n) is 10.6. The van der Waals surface area contributed by atoms with Gasteiger partial charge in [0.25, 0.3) is 0 Å². The first-order valence-electron chi connectivity index (χ1n) is 12.8. The smallest absolute Gasteiger partial charge is 0.413 e. The molecule has 0 saturated carbocycles. The van der Waals surface area contributed by atoms with Crippen molar-refractivity contribution in [2.24, 2.45) is 0 Å². The maximum atomic E-state index is 12.8. The average Bonchev–Trinajstić information content (AvgIpc) is 2.99. The van der Waals surface area contributed by atoms with Crippen LogP contribution in [0.3, 0.4) is 0 Å². The van der Waals surface area contributed by atoms with E-state index in [0.29, 0.717) is 6.42 Å². The number of carbonyl (C=O) groups is 2. The fourth-order valence-electron chi connectivity index (χ4n) is 4.18. The van der Waals surface area contributed by atoms with Crippen LogP contribution in [-0.2, 0) is 14.3 Å². The van der Waals surface area contributed by atoms with Gasteiger partial charge in [-0.3, -0.25) is 9.69 Å². The van der Waals surface area contributed by atoms with Crippen molar-refractivity contribution in [2.45, 2.75) is 149 Å². The summed E-state index contributed by atoms with van der Waals surface area (Å²) in [5.41, 5.74) is -1.42. The molecule has 182 valence electrons. The molecule has 0 radical (unpaired) electrons. The molecule has 1 aliphatic heterocycles. The van der Waals surface area contributed by atoms with Crippen molar-refractivity contribution < 1.29 is 19.1 Å². The number of Topliss-reactive ketones (excluding diaryl/α,β-unsaturated/α-hetero) is 1. The third-order valence-electron chi connectivity index (χ3n) is 5.97. The van der Waals surface area contributed by atoms with E-state index in [1.165, 1.54) is 75.5 Å². The Morgan fingerprint density at radius 3 is 1.77 bits per heavy atom. The van der Waals surface area contributed by atoms with Crippen molar-refractivity contribution in [2.75, 3.05) is 6.61 Å². The van der Waals surface area contributed by atoms with E-state index < -0.39 is 23.5 Å². The van der Waals surface area contributed by atoms with Gasteiger partial charge in [-0.2, -0.15) is 0 Å². The van der Waals surface area contributed by atoms with E-state index in [2.05, 4.69) is 6.92 Å². The molecule has 0 spiro atoms. The third kappa shape index (κ3) is 11.4. The van der Waals surface area contributed by atoms with Crippen LogP contribution in [0.25, 0.3) is 0 Å². The molecular weight excluding hydrogens is 390 g/mol. The number of hydrogen-bond acceptors (Lipinski definition) is 4. The molecule has 1 rings (SSSR count). The number of rotatable bonds is 15. The third-order valence-corrected chi connectivity index (χ3v) is 5.97. The van der Waals surface area contributed by atoms with Gasteiger partial charge in [0.2, 0.25) is 0 Å². The monoisotopic (exact) mass is 439 g/mol. The van der Waals surface area contributed by atoms with E-state index in [4.69, 9.17) is 9.47 Å². The number of hydrogen-bond donors (Lipinski definition) is 0. The number of ether oxygens (including phenoxy) is 2. The summed E-state index contributed by atoms with van der Waals surface area (Å²) in [5, 5.41) is 0. The minimum absolute atomic E-state index is 0.0829. The summed E-state index contributed by atoms with van der Waals surface area (Å²) in [6.07, 6.45) is 16.7. The highest BCUT2D eigenvalue weighted by atomic mass is 16.6. The minimum atomic E-state index is -0.821. The molecule has 5 nitrogen and oxygen atoms in total. The quantitative estimate of drug-likeness (QED) is 0.249. The Morgan fingerprint density at radius 1 is 0.871 bits per heavy atom. The number of ketones is 1. The fourth-order valence-corrected chi connectivity index (χ4v) is 4.18. The highest BCUT2D eigenvalue weighted by molar-refractivity contribution is 5.88. The molecule has 1 fully saturated rings. The van der Waals surface area contributed by atoms with Crippen LogP contribution in [-0.4, -0.2) is 40.8 Å². The van der Waals surface area contributed by atoms with E-state index in [1.54, 1.807) is 0 Å². The van der Waals surface area contributed by atoms with Crippen molar-refractivity contribution in [3.05, 3.63) is 0 Å². The Labute approximate surface area is 191 Å². The van der Waals surface area contributed by atoms with Crippen molar-refractivity contribution >= 4 is 11.9 Å². The van der Waals surface area contributed by atoms with Gasteiger partial charge in [0, 0.05) is 6.42 Å². The van der Waals surface area contributed by atoms with Crippen LogP contribution in [0.15, 0.2) is 0 Å². The molecule has 1 amide bonds. The lowest BCUT2D eigenvalue weighted by molar-refractivity contribution is -0.124. The van der Waals surface area contributed by atoms with Gasteiger partial charge < -0.3 is 9.47 Å². The SMILES string of the molecule is CCCCCCCCCCCCCCCC(=O)[C@@H]1COC(C)(C)N1C(=O)OC(C)(C)C. The van der Waals surface area contributed by atoms with Gasteiger partial charge in [-0.05, 0) is 41.0 Å². The van der Waals surface area contributed by atoms with Crippen molar-refractivity contribution in [1.82, 2.24) is 4.90 Å². The van der Waals surface area contributed by atoms with Gasteiger partial charge >= 0.3 is 6.09 Å². The standard InChI is InChI=1S/C26H49NO4/c1-7-8-9-10-11-12-13-14-15-16-17-18-19-20-23(28)22-21-30-26(5,6)27(22)24(29)31-25(2,3)4/h22H,7-21H2,1-6H3/t22-/m0/s1. The molecule has 1 aliphatic rings. The lowest BCUT2D eigenvalue weighted by atomic mass is 10.0. The zero-order valence-electron chi connectivity index (χ0n) is 21.3. The van der Waals surface area contributed by atoms with Gasteiger partial charge in [0.1, 0.15) is 17.4 Å². The fraction of sp³-hybridized carbons (Fsp3) is 0.923. The van der Waals surface area contributed by atoms with E-state index in [-0.39, 0.29) is 12.4 Å². The van der Waals surface area contributed by atoms with Crippen LogP contribution < -0.4 is 0 Å². The average molecular weight is 440 g/mol. The maximum absolute atomic E-state index is 12.8. The highest BCUT2D eigenvalue weighted by Gasteiger charge is 2.48. The molecule has 0 bridgehead atoms. The topological polar surface area (TPSA) is 55.8 Å². The summed E-state index contributed by atoms with van der Waals surface area (Å²) in [6.45, 7) is 11.6. The normalized spacial score (nSPS) is 18.4. The molecule has 1 atom stereocenters. The van der Waals surface area contributed by atoms with Crippen LogP contribution in [0, 0.1) is 0 Å². The van der Waals surface area contributed by atoms with E-state index in [9.17, 15) is 9.59 Å². The van der Waals surface area contributed by atoms with Gasteiger partial charge in [0.15, 0.2) is 5.78 Å². The van der Waals surface area contributed by atoms with Crippen LogP contribution in [0.1, 0.15) is 131 Å². The summed E-state index contributed by atoms with van der Waals surface area (Å²) >= 11 is 0. The molecule has 0 aliphatic carbocycles.